The summed E-state index contributed by atoms with van der Waals surface area (Å²) in [5.41, 5.74) is 6.37. The van der Waals surface area contributed by atoms with Crippen LogP contribution in [0.3, 0.4) is 0 Å². The highest BCUT2D eigenvalue weighted by Gasteiger charge is 2.26. The van der Waals surface area contributed by atoms with Crippen molar-refractivity contribution in [1.29, 1.82) is 0 Å². The molecule has 0 spiro atoms. The number of rotatable bonds is 7. The summed E-state index contributed by atoms with van der Waals surface area (Å²) in [7, 11) is -1.81. The SMILES string of the molecule is C=CCCCN(C)S(=O)(=O)c1c(C)csc1CN. The molecule has 0 bridgehead atoms. The van der Waals surface area contributed by atoms with Crippen LogP contribution in [0.25, 0.3) is 0 Å². The fourth-order valence-electron chi connectivity index (χ4n) is 1.71. The van der Waals surface area contributed by atoms with E-state index >= 15 is 0 Å². The largest absolute Gasteiger partial charge is 0.326 e. The van der Waals surface area contributed by atoms with E-state index in [4.69, 9.17) is 5.73 Å². The standard InChI is InChI=1S/C12H20N2O2S2/c1-4-5-6-7-14(3)18(15,16)12-10(2)9-17-11(12)8-13/h4,9H,1,5-8,13H2,2-3H3. The Morgan fingerprint density at radius 2 is 2.22 bits per heavy atom. The topological polar surface area (TPSA) is 63.4 Å². The number of aryl methyl sites for hydroxylation is 1. The lowest BCUT2D eigenvalue weighted by atomic mass is 10.3. The number of unbranched alkanes of at least 4 members (excludes halogenated alkanes) is 1. The Hall–Kier alpha value is -0.690. The fourth-order valence-corrected chi connectivity index (χ4v) is 4.56. The minimum absolute atomic E-state index is 0.258. The Labute approximate surface area is 113 Å². The molecule has 0 saturated carbocycles. The first kappa shape index (κ1) is 15.4. The fraction of sp³-hybridized carbons (Fsp3) is 0.500. The monoisotopic (exact) mass is 288 g/mol. The van der Waals surface area contributed by atoms with E-state index in [9.17, 15) is 8.42 Å². The van der Waals surface area contributed by atoms with E-state index in [2.05, 4.69) is 6.58 Å². The molecule has 6 heteroatoms. The van der Waals surface area contributed by atoms with Gasteiger partial charge in [-0.25, -0.2) is 12.7 Å². The highest BCUT2D eigenvalue weighted by Crippen LogP contribution is 2.28. The van der Waals surface area contributed by atoms with Crippen LogP contribution in [0.2, 0.25) is 0 Å². The first-order valence-corrected chi connectivity index (χ1v) is 8.11. The van der Waals surface area contributed by atoms with Crippen LogP contribution in [-0.2, 0) is 16.6 Å². The van der Waals surface area contributed by atoms with Gasteiger partial charge in [0.2, 0.25) is 10.0 Å². The minimum atomic E-state index is -3.42. The van der Waals surface area contributed by atoms with Gasteiger partial charge in [0, 0.05) is 25.0 Å². The van der Waals surface area contributed by atoms with Crippen LogP contribution in [0.5, 0.6) is 0 Å². The number of hydrogen-bond donors (Lipinski definition) is 1. The summed E-state index contributed by atoms with van der Waals surface area (Å²) in [4.78, 5) is 1.11. The Kier molecular flexibility index (Phi) is 5.52. The Bertz CT molecular complexity index is 506. The zero-order chi connectivity index (χ0) is 13.8. The third-order valence-electron chi connectivity index (χ3n) is 2.72. The van der Waals surface area contributed by atoms with Crippen molar-refractivity contribution in [2.24, 2.45) is 5.73 Å². The quantitative estimate of drug-likeness (QED) is 0.617. The summed E-state index contributed by atoms with van der Waals surface area (Å²) in [6.45, 7) is 6.19. The Balaban J connectivity index is 2.98. The van der Waals surface area contributed by atoms with Gasteiger partial charge < -0.3 is 5.73 Å². The molecule has 0 fully saturated rings. The molecule has 1 aromatic rings. The Morgan fingerprint density at radius 3 is 2.78 bits per heavy atom. The second-order valence-electron chi connectivity index (χ2n) is 4.13. The summed E-state index contributed by atoms with van der Waals surface area (Å²) in [6.07, 6.45) is 3.38. The van der Waals surface area contributed by atoms with Crippen molar-refractivity contribution in [2.45, 2.75) is 31.2 Å². The molecule has 1 aromatic heterocycles. The van der Waals surface area contributed by atoms with Gasteiger partial charge in [0.15, 0.2) is 0 Å². The average Bonchev–Trinajstić information content (AvgIpc) is 2.71. The molecule has 0 aliphatic heterocycles. The first-order chi connectivity index (χ1) is 8.45. The van der Waals surface area contributed by atoms with Crippen LogP contribution >= 0.6 is 11.3 Å². The molecule has 0 saturated heterocycles. The molecular weight excluding hydrogens is 268 g/mol. The molecule has 0 unspecified atom stereocenters. The van der Waals surface area contributed by atoms with E-state index in [0.717, 1.165) is 23.3 Å². The van der Waals surface area contributed by atoms with E-state index in [0.29, 0.717) is 11.4 Å². The molecule has 0 aromatic carbocycles. The highest BCUT2D eigenvalue weighted by atomic mass is 32.2. The van der Waals surface area contributed by atoms with E-state index < -0.39 is 10.0 Å². The molecule has 0 atom stereocenters. The summed E-state index contributed by atoms with van der Waals surface area (Å²) in [5, 5.41) is 1.84. The van der Waals surface area contributed by atoms with E-state index in [1.54, 1.807) is 20.0 Å². The average molecular weight is 288 g/mol. The second-order valence-corrected chi connectivity index (χ2v) is 7.08. The minimum Gasteiger partial charge on any atom is -0.326 e. The van der Waals surface area contributed by atoms with Crippen LogP contribution in [0.4, 0.5) is 0 Å². The maximum atomic E-state index is 12.4. The lowest BCUT2D eigenvalue weighted by Gasteiger charge is -2.17. The van der Waals surface area contributed by atoms with Gasteiger partial charge in [-0.3, -0.25) is 0 Å². The molecule has 102 valence electrons. The number of sulfonamides is 1. The van der Waals surface area contributed by atoms with Crippen molar-refractivity contribution in [1.82, 2.24) is 4.31 Å². The molecule has 18 heavy (non-hydrogen) atoms. The lowest BCUT2D eigenvalue weighted by molar-refractivity contribution is 0.462. The van der Waals surface area contributed by atoms with E-state index in [1.807, 2.05) is 5.38 Å². The van der Waals surface area contributed by atoms with E-state index in [-0.39, 0.29) is 6.54 Å². The molecule has 0 amide bonds. The van der Waals surface area contributed by atoms with Crippen LogP contribution < -0.4 is 5.73 Å². The highest BCUT2D eigenvalue weighted by molar-refractivity contribution is 7.89. The molecule has 1 rings (SSSR count). The molecule has 0 aliphatic rings. The maximum absolute atomic E-state index is 12.4. The number of hydrogen-bond acceptors (Lipinski definition) is 4. The molecule has 2 N–H and O–H groups in total. The zero-order valence-corrected chi connectivity index (χ0v) is 12.5. The third-order valence-corrected chi connectivity index (χ3v) is 6.07. The van der Waals surface area contributed by atoms with Gasteiger partial charge in [0.1, 0.15) is 4.90 Å². The Morgan fingerprint density at radius 1 is 1.56 bits per heavy atom. The van der Waals surface area contributed by atoms with Gasteiger partial charge in [-0.05, 0) is 30.7 Å². The van der Waals surface area contributed by atoms with E-state index in [1.165, 1.54) is 15.6 Å². The summed E-state index contributed by atoms with van der Waals surface area (Å²) >= 11 is 1.40. The van der Waals surface area contributed by atoms with Crippen molar-refractivity contribution in [3.8, 4) is 0 Å². The van der Waals surface area contributed by atoms with Crippen molar-refractivity contribution in [2.75, 3.05) is 13.6 Å². The normalized spacial score (nSPS) is 12.0. The molecule has 1 heterocycles. The number of nitrogens with two attached hydrogens (primary N) is 1. The first-order valence-electron chi connectivity index (χ1n) is 5.79. The molecule has 4 nitrogen and oxygen atoms in total. The second kappa shape index (κ2) is 6.47. The van der Waals surface area contributed by atoms with Gasteiger partial charge in [-0.15, -0.1) is 17.9 Å². The van der Waals surface area contributed by atoms with Crippen LogP contribution in [0.15, 0.2) is 22.9 Å². The van der Waals surface area contributed by atoms with Gasteiger partial charge in [-0.2, -0.15) is 0 Å². The van der Waals surface area contributed by atoms with Crippen molar-refractivity contribution in [3.05, 3.63) is 28.5 Å². The van der Waals surface area contributed by atoms with Gasteiger partial charge in [0.05, 0.1) is 0 Å². The van der Waals surface area contributed by atoms with Gasteiger partial charge >= 0.3 is 0 Å². The number of thiophene rings is 1. The summed E-state index contributed by atoms with van der Waals surface area (Å²) < 4.78 is 26.3. The third kappa shape index (κ3) is 3.20. The maximum Gasteiger partial charge on any atom is 0.244 e. The molecular formula is C12H20N2O2S2. The molecule has 0 aliphatic carbocycles. The van der Waals surface area contributed by atoms with Crippen LogP contribution in [0, 0.1) is 6.92 Å². The smallest absolute Gasteiger partial charge is 0.244 e. The summed E-state index contributed by atoms with van der Waals surface area (Å²) in [6, 6.07) is 0. The van der Waals surface area contributed by atoms with Crippen molar-refractivity contribution < 1.29 is 8.42 Å². The zero-order valence-electron chi connectivity index (χ0n) is 10.8. The number of nitrogens with zero attached hydrogens (tertiary/aromatic N) is 1. The van der Waals surface area contributed by atoms with Crippen LogP contribution in [0.1, 0.15) is 23.3 Å². The predicted molar refractivity (Wildman–Crippen MR) is 76.2 cm³/mol. The number of allylic oxidation sites excluding steroid dienone is 1. The van der Waals surface area contributed by atoms with Gasteiger partial charge in [0.25, 0.3) is 0 Å². The van der Waals surface area contributed by atoms with Crippen molar-refractivity contribution in [3.63, 3.8) is 0 Å². The van der Waals surface area contributed by atoms with Crippen molar-refractivity contribution >= 4 is 21.4 Å². The predicted octanol–water partition coefficient (Wildman–Crippen LogP) is 2.10. The molecule has 0 radical (unpaired) electrons. The lowest BCUT2D eigenvalue weighted by Crippen LogP contribution is -2.29. The van der Waals surface area contributed by atoms with Crippen LogP contribution in [-0.4, -0.2) is 26.3 Å². The van der Waals surface area contributed by atoms with Gasteiger partial charge in [-0.1, -0.05) is 6.08 Å². The summed E-state index contributed by atoms with van der Waals surface area (Å²) in [5.74, 6) is 0.